The fourth-order valence-corrected chi connectivity index (χ4v) is 3.19. The lowest BCUT2D eigenvalue weighted by atomic mass is 10.0. The second-order valence-corrected chi connectivity index (χ2v) is 7.36. The number of aromatic nitrogens is 2. The number of nitrogens with zero attached hydrogens (tertiary/aromatic N) is 2. The summed E-state index contributed by atoms with van der Waals surface area (Å²) in [7, 11) is 1.41. The molecule has 3 rings (SSSR count). The lowest BCUT2D eigenvalue weighted by Gasteiger charge is -2.16. The molecule has 0 saturated carbocycles. The first-order valence-corrected chi connectivity index (χ1v) is 9.75. The zero-order valence-electron chi connectivity index (χ0n) is 17.0. The molecule has 1 atom stereocenters. The van der Waals surface area contributed by atoms with Gasteiger partial charge in [-0.05, 0) is 37.6 Å². The number of carbonyl (C=O) groups excluding carboxylic acids is 2. The van der Waals surface area contributed by atoms with Crippen LogP contribution in [0.25, 0.3) is 0 Å². The molecule has 0 aliphatic carbocycles. The topological polar surface area (TPSA) is 73.2 Å². The van der Waals surface area contributed by atoms with Gasteiger partial charge in [-0.15, -0.1) is 0 Å². The quantitative estimate of drug-likeness (QED) is 0.485. The molecule has 6 nitrogen and oxygen atoms in total. The maximum Gasteiger partial charge on any atom is 0.283 e. The lowest BCUT2D eigenvalue weighted by molar-refractivity contribution is 0.0922. The highest BCUT2D eigenvalue weighted by Gasteiger charge is 2.30. The molecule has 1 N–H and O–H groups in total. The fourth-order valence-electron chi connectivity index (χ4n) is 3.01. The van der Waals surface area contributed by atoms with Crippen molar-refractivity contribution in [2.24, 2.45) is 7.05 Å². The molecule has 0 bridgehead atoms. The summed E-state index contributed by atoms with van der Waals surface area (Å²) in [5.41, 5.74) is 0.200. The number of rotatable bonds is 7. The largest absolute Gasteiger partial charge is 0.438 e. The van der Waals surface area contributed by atoms with Crippen molar-refractivity contribution < 1.29 is 23.1 Å². The predicted octanol–water partition coefficient (Wildman–Crippen LogP) is 5.50. The van der Waals surface area contributed by atoms with Crippen LogP contribution in [0.2, 0.25) is 5.02 Å². The summed E-state index contributed by atoms with van der Waals surface area (Å²) >= 11 is 5.95. The van der Waals surface area contributed by atoms with Crippen LogP contribution in [0, 0.1) is 0 Å². The molecule has 0 spiro atoms. The Morgan fingerprint density at radius 2 is 1.84 bits per heavy atom. The fraction of sp³-hybridized carbons (Fsp3) is 0.227. The molecule has 9 heteroatoms. The molecule has 162 valence electrons. The van der Waals surface area contributed by atoms with Gasteiger partial charge in [0, 0.05) is 17.6 Å². The Balaban J connectivity index is 1.90. The zero-order chi connectivity index (χ0) is 22.7. The third-order valence-electron chi connectivity index (χ3n) is 4.63. The Morgan fingerprint density at radius 1 is 1.16 bits per heavy atom. The zero-order valence-corrected chi connectivity index (χ0v) is 17.8. The molecule has 0 aliphatic rings. The molecule has 0 radical (unpaired) electrons. The van der Waals surface area contributed by atoms with E-state index >= 15 is 0 Å². The van der Waals surface area contributed by atoms with Gasteiger partial charge in [0.05, 0.1) is 6.04 Å². The lowest BCUT2D eigenvalue weighted by Crippen LogP contribution is -2.27. The Hall–Kier alpha value is -3.26. The van der Waals surface area contributed by atoms with Gasteiger partial charge >= 0.3 is 0 Å². The van der Waals surface area contributed by atoms with Gasteiger partial charge in [-0.1, -0.05) is 41.9 Å². The molecule has 3 aromatic rings. The van der Waals surface area contributed by atoms with Gasteiger partial charge in [-0.3, -0.25) is 9.59 Å². The van der Waals surface area contributed by atoms with Crippen molar-refractivity contribution in [3.05, 3.63) is 75.9 Å². The van der Waals surface area contributed by atoms with E-state index in [0.29, 0.717) is 16.1 Å². The smallest absolute Gasteiger partial charge is 0.283 e. The van der Waals surface area contributed by atoms with Crippen LogP contribution < -0.4 is 10.1 Å². The van der Waals surface area contributed by atoms with E-state index in [0.717, 1.165) is 4.68 Å². The number of ketones is 1. The number of benzene rings is 2. The van der Waals surface area contributed by atoms with Gasteiger partial charge in [-0.25, -0.2) is 13.5 Å². The predicted molar refractivity (Wildman–Crippen MR) is 112 cm³/mol. The average Bonchev–Trinajstić information content (AvgIpc) is 3.04. The normalized spacial score (nSPS) is 12.0. The summed E-state index contributed by atoms with van der Waals surface area (Å²) in [4.78, 5) is 24.4. The number of Topliss-reactive ketones (excluding diaryl/α,β-unsaturated/α-hetero) is 1. The van der Waals surface area contributed by atoms with Crippen LogP contribution in [0.1, 0.15) is 58.3 Å². The third kappa shape index (κ3) is 5.08. The molecule has 1 amide bonds. The van der Waals surface area contributed by atoms with Crippen LogP contribution in [0.15, 0.2) is 48.5 Å². The summed E-state index contributed by atoms with van der Waals surface area (Å²) in [5, 5.41) is 6.85. The van der Waals surface area contributed by atoms with Crippen molar-refractivity contribution in [2.75, 3.05) is 0 Å². The van der Waals surface area contributed by atoms with Gasteiger partial charge in [0.25, 0.3) is 12.3 Å². The van der Waals surface area contributed by atoms with E-state index in [1.807, 2.05) is 0 Å². The van der Waals surface area contributed by atoms with Crippen LogP contribution in [-0.2, 0) is 7.05 Å². The first kappa shape index (κ1) is 22.4. The molecular weight excluding hydrogens is 428 g/mol. The Bertz CT molecular complexity index is 1110. The standard InChI is InChI=1S/C22H20ClF2N3O3/c1-12(14-7-9-15(10-8-14)13(2)29)26-21(30)18-19(20(24)25)27-28(3)22(18)31-17-6-4-5-16(23)11-17/h4-12,20H,1-3H3,(H,26,30)/t12-/m0/s1. The number of alkyl halides is 2. The van der Waals surface area contributed by atoms with E-state index < -0.39 is 24.1 Å². The number of carbonyl (C=O) groups is 2. The molecule has 0 aliphatic heterocycles. The maximum atomic E-state index is 13.6. The van der Waals surface area contributed by atoms with E-state index in [9.17, 15) is 18.4 Å². The van der Waals surface area contributed by atoms with Crippen molar-refractivity contribution in [1.29, 1.82) is 0 Å². The minimum absolute atomic E-state index is 0.0806. The molecule has 0 fully saturated rings. The van der Waals surface area contributed by atoms with Gasteiger partial charge < -0.3 is 10.1 Å². The van der Waals surface area contributed by atoms with Crippen LogP contribution in [0.4, 0.5) is 8.78 Å². The van der Waals surface area contributed by atoms with Gasteiger partial charge in [0.1, 0.15) is 17.0 Å². The van der Waals surface area contributed by atoms with Gasteiger partial charge in [0.15, 0.2) is 5.78 Å². The van der Waals surface area contributed by atoms with E-state index in [1.54, 1.807) is 49.4 Å². The number of halogens is 3. The molecule has 1 heterocycles. The minimum atomic E-state index is -2.98. The van der Waals surface area contributed by atoms with Crippen molar-refractivity contribution in [1.82, 2.24) is 15.1 Å². The van der Waals surface area contributed by atoms with Crippen molar-refractivity contribution in [3.8, 4) is 11.6 Å². The molecule has 31 heavy (non-hydrogen) atoms. The SMILES string of the molecule is CC(=O)c1ccc([C@H](C)NC(=O)c2c(C(F)F)nn(C)c2Oc2cccc(Cl)c2)cc1. The summed E-state index contributed by atoms with van der Waals surface area (Å²) < 4.78 is 34.0. The molecule has 2 aromatic carbocycles. The Morgan fingerprint density at radius 3 is 2.42 bits per heavy atom. The van der Waals surface area contributed by atoms with Gasteiger partial charge in [-0.2, -0.15) is 5.10 Å². The molecule has 0 unspecified atom stereocenters. The third-order valence-corrected chi connectivity index (χ3v) is 4.87. The van der Waals surface area contributed by atoms with Crippen LogP contribution >= 0.6 is 11.6 Å². The highest BCUT2D eigenvalue weighted by Crippen LogP contribution is 2.33. The average molecular weight is 448 g/mol. The summed E-state index contributed by atoms with van der Waals surface area (Å²) in [5.74, 6) is -0.695. The van der Waals surface area contributed by atoms with E-state index in [4.69, 9.17) is 16.3 Å². The summed E-state index contributed by atoms with van der Waals surface area (Å²) in [6, 6.07) is 12.5. The number of hydrogen-bond donors (Lipinski definition) is 1. The second kappa shape index (κ2) is 9.26. The second-order valence-electron chi connectivity index (χ2n) is 6.92. The number of aryl methyl sites for hydroxylation is 1. The Labute approximate surface area is 182 Å². The van der Waals surface area contributed by atoms with Crippen molar-refractivity contribution >= 4 is 23.3 Å². The number of ether oxygens (including phenoxy) is 1. The van der Waals surface area contributed by atoms with E-state index in [1.165, 1.54) is 20.0 Å². The maximum absolute atomic E-state index is 13.6. The number of hydrogen-bond acceptors (Lipinski definition) is 4. The number of nitrogens with one attached hydrogen (secondary N) is 1. The highest BCUT2D eigenvalue weighted by molar-refractivity contribution is 6.30. The van der Waals surface area contributed by atoms with Crippen LogP contribution in [0.3, 0.4) is 0 Å². The monoisotopic (exact) mass is 447 g/mol. The first-order chi connectivity index (χ1) is 14.7. The van der Waals surface area contributed by atoms with Crippen LogP contribution in [0.5, 0.6) is 11.6 Å². The van der Waals surface area contributed by atoms with E-state index in [-0.39, 0.29) is 23.0 Å². The van der Waals surface area contributed by atoms with Crippen molar-refractivity contribution in [3.63, 3.8) is 0 Å². The highest BCUT2D eigenvalue weighted by atomic mass is 35.5. The minimum Gasteiger partial charge on any atom is -0.438 e. The van der Waals surface area contributed by atoms with Crippen LogP contribution in [-0.4, -0.2) is 21.5 Å². The van der Waals surface area contributed by atoms with E-state index in [2.05, 4.69) is 10.4 Å². The number of amides is 1. The summed E-state index contributed by atoms with van der Waals surface area (Å²) in [6.07, 6.45) is -2.98. The molecular formula is C22H20ClF2N3O3. The molecule has 0 saturated heterocycles. The molecule has 1 aromatic heterocycles. The Kier molecular flexibility index (Phi) is 6.70. The van der Waals surface area contributed by atoms with Gasteiger partial charge in [0.2, 0.25) is 5.88 Å². The van der Waals surface area contributed by atoms with Crippen molar-refractivity contribution in [2.45, 2.75) is 26.3 Å². The summed E-state index contributed by atoms with van der Waals surface area (Å²) in [6.45, 7) is 3.16. The first-order valence-electron chi connectivity index (χ1n) is 9.37.